The highest BCUT2D eigenvalue weighted by molar-refractivity contribution is 7.92. The first kappa shape index (κ1) is 28.9. The number of carbonyl (C=O) groups excluding carboxylic acids is 2. The quantitative estimate of drug-likeness (QED) is 0.268. The molecule has 1 N–H and O–H groups in total. The smallest absolute Gasteiger partial charge is 0.279 e. The molecule has 0 aliphatic carbocycles. The number of amides is 2. The van der Waals surface area contributed by atoms with Gasteiger partial charge in [0.1, 0.15) is 11.3 Å². The van der Waals surface area contributed by atoms with Gasteiger partial charge in [-0.3, -0.25) is 18.8 Å². The van der Waals surface area contributed by atoms with Crippen molar-refractivity contribution in [2.45, 2.75) is 13.5 Å². The van der Waals surface area contributed by atoms with E-state index in [0.29, 0.717) is 51.4 Å². The van der Waals surface area contributed by atoms with E-state index in [0.717, 1.165) is 21.7 Å². The van der Waals surface area contributed by atoms with Crippen molar-refractivity contribution in [2.75, 3.05) is 31.4 Å². The molecule has 1 aliphatic heterocycles. The number of nitrogens with one attached hydrogen (secondary N) is 1. The Balaban J connectivity index is 1.53. The maximum atomic E-state index is 13.6. The number of anilines is 1. The zero-order valence-corrected chi connectivity index (χ0v) is 25.4. The summed E-state index contributed by atoms with van der Waals surface area (Å²) >= 11 is 0. The van der Waals surface area contributed by atoms with Crippen LogP contribution in [0.2, 0.25) is 0 Å². The molecule has 3 heterocycles. The Bertz CT molecular complexity index is 2020. The molecule has 5 aromatic rings. The maximum absolute atomic E-state index is 13.6. The van der Waals surface area contributed by atoms with Crippen LogP contribution in [-0.2, 0) is 16.6 Å². The van der Waals surface area contributed by atoms with Crippen LogP contribution in [0.1, 0.15) is 32.0 Å². The molecular formula is C33H30N4O6S. The minimum Gasteiger partial charge on any atom is -0.471 e. The van der Waals surface area contributed by atoms with Crippen molar-refractivity contribution in [3.8, 4) is 28.3 Å². The zero-order valence-electron chi connectivity index (χ0n) is 24.6. The summed E-state index contributed by atoms with van der Waals surface area (Å²) in [6.07, 6.45) is 1.09. The van der Waals surface area contributed by atoms with Gasteiger partial charge in [0.25, 0.3) is 11.8 Å². The lowest BCUT2D eigenvalue weighted by Crippen LogP contribution is -2.38. The third-order valence-electron chi connectivity index (χ3n) is 7.63. The second-order valence-corrected chi connectivity index (χ2v) is 12.7. The van der Waals surface area contributed by atoms with Gasteiger partial charge in [-0.25, -0.2) is 13.4 Å². The van der Waals surface area contributed by atoms with Gasteiger partial charge in [0.15, 0.2) is 18.2 Å². The highest BCUT2D eigenvalue weighted by Crippen LogP contribution is 2.41. The van der Waals surface area contributed by atoms with Crippen molar-refractivity contribution in [2.24, 2.45) is 0 Å². The van der Waals surface area contributed by atoms with E-state index in [9.17, 15) is 18.0 Å². The zero-order chi connectivity index (χ0) is 31.2. The summed E-state index contributed by atoms with van der Waals surface area (Å²) in [5, 5.41) is 3.15. The molecule has 0 saturated heterocycles. The van der Waals surface area contributed by atoms with E-state index in [1.54, 1.807) is 29.2 Å². The molecule has 10 nitrogen and oxygen atoms in total. The van der Waals surface area contributed by atoms with Gasteiger partial charge in [0.2, 0.25) is 10.0 Å². The minimum atomic E-state index is -3.72. The second-order valence-electron chi connectivity index (χ2n) is 10.7. The molecule has 0 radical (unpaired) electrons. The average molecular weight is 611 g/mol. The summed E-state index contributed by atoms with van der Waals surface area (Å²) in [7, 11) is -0.762. The van der Waals surface area contributed by atoms with E-state index in [1.165, 1.54) is 14.1 Å². The minimum absolute atomic E-state index is 0.0715. The number of carbonyl (C=O) groups is 2. The Morgan fingerprint density at radius 1 is 1.05 bits per heavy atom. The Hall–Kier alpha value is -5.16. The second kappa shape index (κ2) is 11.2. The Morgan fingerprint density at radius 2 is 1.77 bits per heavy atom. The Morgan fingerprint density at radius 3 is 2.45 bits per heavy atom. The molecule has 0 fully saturated rings. The van der Waals surface area contributed by atoms with Gasteiger partial charge < -0.3 is 14.5 Å². The summed E-state index contributed by atoms with van der Waals surface area (Å²) in [4.78, 5) is 33.0. The monoisotopic (exact) mass is 610 g/mol. The molecule has 1 aliphatic rings. The highest BCUT2D eigenvalue weighted by Gasteiger charge is 2.30. The topological polar surface area (TPSA) is 122 Å². The number of ether oxygens (including phenoxy) is 1. The van der Waals surface area contributed by atoms with Gasteiger partial charge in [-0.05, 0) is 30.7 Å². The molecule has 224 valence electrons. The molecule has 11 heteroatoms. The molecule has 0 unspecified atom stereocenters. The van der Waals surface area contributed by atoms with E-state index in [-0.39, 0.29) is 29.9 Å². The summed E-state index contributed by atoms with van der Waals surface area (Å²) in [5.41, 5.74) is 4.40. The summed E-state index contributed by atoms with van der Waals surface area (Å²) in [5.74, 6) is 0.00116. The number of sulfonamides is 1. The van der Waals surface area contributed by atoms with Crippen molar-refractivity contribution in [1.29, 1.82) is 0 Å². The lowest BCUT2D eigenvalue weighted by atomic mass is 10.00. The fourth-order valence-electron chi connectivity index (χ4n) is 5.18. The Kier molecular flexibility index (Phi) is 7.34. The molecule has 0 saturated carbocycles. The predicted molar refractivity (Wildman–Crippen MR) is 168 cm³/mol. The van der Waals surface area contributed by atoms with Gasteiger partial charge in [-0.2, -0.15) is 0 Å². The van der Waals surface area contributed by atoms with Crippen LogP contribution in [0.4, 0.5) is 5.69 Å². The standard InChI is InChI=1S/C33H30N4O6S/c1-20-10-12-22(13-11-20)31-29(32(38)34-2)24-16-23(26(17-28(24)43-31)36(3)44(4,40)41)25-14-15-27-30(35-25)33(39)37(19-42-27)18-21-8-6-5-7-9-21/h5-17H,18-19H2,1-4H3,(H,34,38). The number of hydrogen-bond acceptors (Lipinski definition) is 7. The Labute approximate surface area is 254 Å². The number of hydrogen-bond donors (Lipinski definition) is 1. The fourth-order valence-corrected chi connectivity index (χ4v) is 5.69. The molecule has 0 bridgehead atoms. The van der Waals surface area contributed by atoms with Crippen LogP contribution >= 0.6 is 0 Å². The van der Waals surface area contributed by atoms with Crippen LogP contribution in [0.3, 0.4) is 0 Å². The maximum Gasteiger partial charge on any atom is 0.279 e. The number of benzene rings is 3. The van der Waals surface area contributed by atoms with E-state index < -0.39 is 10.0 Å². The van der Waals surface area contributed by atoms with Crippen molar-refractivity contribution >= 4 is 38.5 Å². The summed E-state index contributed by atoms with van der Waals surface area (Å²) in [6, 6.07) is 23.7. The van der Waals surface area contributed by atoms with Crippen molar-refractivity contribution in [1.82, 2.24) is 15.2 Å². The lowest BCUT2D eigenvalue weighted by molar-refractivity contribution is 0.0488. The number of nitrogens with zero attached hydrogens (tertiary/aromatic N) is 3. The van der Waals surface area contributed by atoms with Crippen LogP contribution in [-0.4, -0.2) is 57.2 Å². The fraction of sp³-hybridized carbons (Fsp3) is 0.182. The number of fused-ring (bicyclic) bond motifs is 2. The molecule has 0 spiro atoms. The third kappa shape index (κ3) is 5.26. The van der Waals surface area contributed by atoms with E-state index >= 15 is 0 Å². The largest absolute Gasteiger partial charge is 0.471 e. The SMILES string of the molecule is CNC(=O)c1c(-c2ccc(C)cc2)oc2cc(N(C)S(C)(=O)=O)c(-c3ccc4c(n3)C(=O)N(Cc3ccccc3)CO4)cc12. The van der Waals surface area contributed by atoms with Gasteiger partial charge in [0, 0.05) is 43.2 Å². The average Bonchev–Trinajstić information content (AvgIpc) is 3.40. The lowest BCUT2D eigenvalue weighted by Gasteiger charge is -2.28. The van der Waals surface area contributed by atoms with Gasteiger partial charge >= 0.3 is 0 Å². The number of rotatable bonds is 7. The normalized spacial score (nSPS) is 13.0. The van der Waals surface area contributed by atoms with E-state index in [1.807, 2.05) is 61.5 Å². The third-order valence-corrected chi connectivity index (χ3v) is 8.82. The molecule has 3 aromatic carbocycles. The van der Waals surface area contributed by atoms with Gasteiger partial charge in [0.05, 0.1) is 23.2 Å². The summed E-state index contributed by atoms with van der Waals surface area (Å²) in [6.45, 7) is 2.37. The van der Waals surface area contributed by atoms with E-state index in [4.69, 9.17) is 9.15 Å². The van der Waals surface area contributed by atoms with Crippen LogP contribution in [0.5, 0.6) is 5.75 Å². The number of aromatic nitrogens is 1. The number of pyridine rings is 1. The molecule has 2 amide bonds. The van der Waals surface area contributed by atoms with Crippen LogP contribution < -0.4 is 14.4 Å². The summed E-state index contributed by atoms with van der Waals surface area (Å²) < 4.78 is 38.8. The first-order chi connectivity index (χ1) is 21.0. The van der Waals surface area contributed by atoms with Crippen molar-refractivity contribution in [3.05, 3.63) is 101 Å². The number of furan rings is 1. The van der Waals surface area contributed by atoms with Crippen LogP contribution in [0.25, 0.3) is 33.6 Å². The molecule has 2 aromatic heterocycles. The first-order valence-corrected chi connectivity index (χ1v) is 15.7. The first-order valence-electron chi connectivity index (χ1n) is 13.9. The van der Waals surface area contributed by atoms with Crippen molar-refractivity contribution in [3.63, 3.8) is 0 Å². The predicted octanol–water partition coefficient (Wildman–Crippen LogP) is 5.22. The van der Waals surface area contributed by atoms with Crippen LogP contribution in [0, 0.1) is 6.92 Å². The van der Waals surface area contributed by atoms with E-state index in [2.05, 4.69) is 10.3 Å². The number of aryl methyl sites for hydroxylation is 1. The van der Waals surface area contributed by atoms with Gasteiger partial charge in [-0.1, -0.05) is 60.2 Å². The van der Waals surface area contributed by atoms with Crippen LogP contribution in [0.15, 0.2) is 83.3 Å². The molecule has 6 rings (SSSR count). The highest BCUT2D eigenvalue weighted by atomic mass is 32.2. The van der Waals surface area contributed by atoms with Crippen molar-refractivity contribution < 1.29 is 27.2 Å². The molecule has 0 atom stereocenters. The van der Waals surface area contributed by atoms with Gasteiger partial charge in [-0.15, -0.1) is 0 Å². The molecular weight excluding hydrogens is 580 g/mol. The molecule has 44 heavy (non-hydrogen) atoms.